The molecule has 4 heterocycles. The van der Waals surface area contributed by atoms with Crippen molar-refractivity contribution in [2.75, 3.05) is 18.5 Å². The minimum absolute atomic E-state index is 0.232. The summed E-state index contributed by atoms with van der Waals surface area (Å²) in [4.78, 5) is 13.3. The smallest absolute Gasteiger partial charge is 0.320 e. The molecule has 1 aliphatic carbocycles. The monoisotopic (exact) mass is 436 g/mol. The summed E-state index contributed by atoms with van der Waals surface area (Å²) in [5.41, 5.74) is 0.332. The molecule has 9 heteroatoms. The first-order chi connectivity index (χ1) is 15.5. The Morgan fingerprint density at radius 2 is 1.88 bits per heavy atom. The lowest BCUT2D eigenvalue weighted by Gasteiger charge is -2.23. The molecule has 0 radical (unpaired) electrons. The van der Waals surface area contributed by atoms with Crippen molar-refractivity contribution in [3.63, 3.8) is 0 Å². The first-order valence-electron chi connectivity index (χ1n) is 11.1. The van der Waals surface area contributed by atoms with Crippen LogP contribution in [0.15, 0.2) is 36.7 Å². The molecule has 0 unspecified atom stereocenters. The summed E-state index contributed by atoms with van der Waals surface area (Å²) in [6, 6.07) is 8.01. The van der Waals surface area contributed by atoms with Crippen LogP contribution in [0.5, 0.6) is 11.8 Å². The molecule has 2 N–H and O–H groups in total. The summed E-state index contributed by atoms with van der Waals surface area (Å²) in [7, 11) is 0. The fraction of sp³-hybridized carbons (Fsp3) is 0.478. The number of hydrogen-bond acceptors (Lipinski definition) is 8. The summed E-state index contributed by atoms with van der Waals surface area (Å²) in [5.74, 6) is 2.57. The third kappa shape index (κ3) is 4.73. The Kier molecular flexibility index (Phi) is 5.52. The Labute approximate surface area is 186 Å². The number of rotatable bonds is 7. The van der Waals surface area contributed by atoms with E-state index in [1.165, 1.54) is 0 Å². The van der Waals surface area contributed by atoms with Crippen LogP contribution in [0.25, 0.3) is 0 Å². The second-order valence-electron chi connectivity index (χ2n) is 8.91. The molecule has 1 saturated heterocycles. The zero-order valence-electron chi connectivity index (χ0n) is 18.4. The van der Waals surface area contributed by atoms with Gasteiger partial charge >= 0.3 is 6.01 Å². The van der Waals surface area contributed by atoms with Gasteiger partial charge in [-0.2, -0.15) is 10.1 Å². The molecule has 0 bridgehead atoms. The maximum absolute atomic E-state index is 10.2. The zero-order chi connectivity index (χ0) is 22.1. The highest BCUT2D eigenvalue weighted by molar-refractivity contribution is 5.57. The molecule has 2 aliphatic rings. The Morgan fingerprint density at radius 1 is 1.09 bits per heavy atom. The van der Waals surface area contributed by atoms with Gasteiger partial charge in [0.15, 0.2) is 5.82 Å². The van der Waals surface area contributed by atoms with E-state index in [9.17, 15) is 5.11 Å². The van der Waals surface area contributed by atoms with E-state index in [-0.39, 0.29) is 6.04 Å². The highest BCUT2D eigenvalue weighted by atomic mass is 16.5. The van der Waals surface area contributed by atoms with Gasteiger partial charge in [0.05, 0.1) is 11.7 Å². The minimum Gasteiger partial charge on any atom is -0.424 e. The predicted molar refractivity (Wildman–Crippen MR) is 118 cm³/mol. The van der Waals surface area contributed by atoms with Crippen LogP contribution in [0.2, 0.25) is 0 Å². The van der Waals surface area contributed by atoms with Crippen LogP contribution in [-0.2, 0) is 10.3 Å². The van der Waals surface area contributed by atoms with Crippen molar-refractivity contribution in [2.45, 2.75) is 57.1 Å². The molecule has 3 aromatic rings. The van der Waals surface area contributed by atoms with Crippen molar-refractivity contribution >= 4 is 11.5 Å². The Hall–Kier alpha value is -3.04. The van der Waals surface area contributed by atoms with Crippen molar-refractivity contribution in [3.8, 4) is 11.8 Å². The average Bonchev–Trinajstić information content (AvgIpc) is 3.55. The number of pyridine rings is 2. The molecule has 168 valence electrons. The first-order valence-corrected chi connectivity index (χ1v) is 11.1. The van der Waals surface area contributed by atoms with E-state index in [4.69, 9.17) is 19.6 Å². The quantitative estimate of drug-likeness (QED) is 0.571. The first kappa shape index (κ1) is 20.8. The standard InChI is InChI=1S/C23H28N6O3/c1-23(2,30)19-13-16(5-9-24-19)26-20-14-18(6-10-25-20)32-22-27-21(15-3-4-15)28-29(22)17-7-11-31-12-8-17/h5-6,9-10,13-15,17,30H,3-4,7-8,11-12H2,1-2H3,(H,24,25,26). The van der Waals surface area contributed by atoms with Gasteiger partial charge in [-0.15, -0.1) is 0 Å². The molecule has 0 atom stereocenters. The van der Waals surface area contributed by atoms with Crippen molar-refractivity contribution in [2.24, 2.45) is 0 Å². The van der Waals surface area contributed by atoms with Gasteiger partial charge in [0.25, 0.3) is 0 Å². The van der Waals surface area contributed by atoms with Gasteiger partial charge in [-0.1, -0.05) is 0 Å². The van der Waals surface area contributed by atoms with Crippen LogP contribution < -0.4 is 10.1 Å². The lowest BCUT2D eigenvalue weighted by Crippen LogP contribution is -2.21. The highest BCUT2D eigenvalue weighted by Crippen LogP contribution is 2.40. The summed E-state index contributed by atoms with van der Waals surface area (Å²) in [6.07, 6.45) is 7.42. The number of anilines is 2. The van der Waals surface area contributed by atoms with Crippen LogP contribution in [0.3, 0.4) is 0 Å². The summed E-state index contributed by atoms with van der Waals surface area (Å²) in [6.45, 7) is 4.86. The maximum atomic E-state index is 10.2. The second-order valence-corrected chi connectivity index (χ2v) is 8.91. The fourth-order valence-corrected chi connectivity index (χ4v) is 3.72. The number of hydrogen-bond donors (Lipinski definition) is 2. The van der Waals surface area contributed by atoms with E-state index >= 15 is 0 Å². The molecule has 2 fully saturated rings. The van der Waals surface area contributed by atoms with Crippen LogP contribution in [0, 0.1) is 0 Å². The third-order valence-corrected chi connectivity index (χ3v) is 5.70. The molecular weight excluding hydrogens is 408 g/mol. The molecule has 32 heavy (non-hydrogen) atoms. The highest BCUT2D eigenvalue weighted by Gasteiger charge is 2.31. The molecule has 0 aromatic carbocycles. The fourth-order valence-electron chi connectivity index (χ4n) is 3.72. The van der Waals surface area contributed by atoms with Crippen molar-refractivity contribution in [1.82, 2.24) is 24.7 Å². The minimum atomic E-state index is -1.02. The van der Waals surface area contributed by atoms with Gasteiger partial charge in [-0.25, -0.2) is 9.67 Å². The normalized spacial score (nSPS) is 17.3. The number of nitrogens with zero attached hydrogens (tertiary/aromatic N) is 5. The Balaban J connectivity index is 1.36. The van der Waals surface area contributed by atoms with Gasteiger partial charge in [0, 0.05) is 43.3 Å². The number of ether oxygens (including phenoxy) is 2. The van der Waals surface area contributed by atoms with E-state index in [0.717, 1.165) is 50.4 Å². The van der Waals surface area contributed by atoms with Gasteiger partial charge in [0.2, 0.25) is 0 Å². The molecule has 3 aromatic heterocycles. The third-order valence-electron chi connectivity index (χ3n) is 5.70. The van der Waals surface area contributed by atoms with Crippen LogP contribution in [0.1, 0.15) is 63.0 Å². The molecule has 0 spiro atoms. The van der Waals surface area contributed by atoms with Gasteiger partial charge < -0.3 is 19.9 Å². The predicted octanol–water partition coefficient (Wildman–Crippen LogP) is 4.06. The SMILES string of the molecule is CC(C)(O)c1cc(Nc2cc(Oc3nc(C4CC4)nn3C3CCOCC3)ccn2)ccn1. The molecule has 1 aliphatic heterocycles. The van der Waals surface area contributed by atoms with Crippen LogP contribution in [-0.4, -0.2) is 43.1 Å². The Morgan fingerprint density at radius 3 is 2.62 bits per heavy atom. The van der Waals surface area contributed by atoms with Gasteiger partial charge in [-0.3, -0.25) is 4.98 Å². The van der Waals surface area contributed by atoms with Crippen LogP contribution >= 0.6 is 0 Å². The summed E-state index contributed by atoms with van der Waals surface area (Å²) >= 11 is 0. The Bertz CT molecular complexity index is 1080. The molecule has 5 rings (SSSR count). The summed E-state index contributed by atoms with van der Waals surface area (Å²) < 4.78 is 13.6. The number of aliphatic hydroxyl groups is 1. The summed E-state index contributed by atoms with van der Waals surface area (Å²) in [5, 5.41) is 18.2. The number of aromatic nitrogens is 5. The van der Waals surface area contributed by atoms with Gasteiger partial charge in [-0.05, 0) is 57.7 Å². The average molecular weight is 437 g/mol. The topological polar surface area (TPSA) is 107 Å². The molecule has 0 amide bonds. The van der Waals surface area contributed by atoms with E-state index in [1.807, 2.05) is 16.8 Å². The second kappa shape index (κ2) is 8.48. The zero-order valence-corrected chi connectivity index (χ0v) is 18.4. The van der Waals surface area contributed by atoms with Crippen LogP contribution in [0.4, 0.5) is 11.5 Å². The molecule has 9 nitrogen and oxygen atoms in total. The molecular formula is C23H28N6O3. The van der Waals surface area contributed by atoms with Gasteiger partial charge in [0.1, 0.15) is 17.2 Å². The largest absolute Gasteiger partial charge is 0.424 e. The van der Waals surface area contributed by atoms with E-state index in [2.05, 4.69) is 15.3 Å². The van der Waals surface area contributed by atoms with Crippen molar-refractivity contribution in [1.29, 1.82) is 0 Å². The maximum Gasteiger partial charge on any atom is 0.320 e. The lowest BCUT2D eigenvalue weighted by molar-refractivity contribution is 0.0639. The van der Waals surface area contributed by atoms with Crippen molar-refractivity contribution < 1.29 is 14.6 Å². The van der Waals surface area contributed by atoms with E-state index in [1.54, 1.807) is 38.4 Å². The number of nitrogens with one attached hydrogen (secondary N) is 1. The lowest BCUT2D eigenvalue weighted by atomic mass is 10.0. The van der Waals surface area contributed by atoms with Crippen molar-refractivity contribution in [3.05, 3.63) is 48.2 Å². The van der Waals surface area contributed by atoms with E-state index < -0.39 is 5.60 Å². The molecule has 1 saturated carbocycles. The van der Waals surface area contributed by atoms with E-state index in [0.29, 0.717) is 29.2 Å².